The first-order valence-corrected chi connectivity index (χ1v) is 4.70. The molecule has 0 N–H and O–H groups in total. The van der Waals surface area contributed by atoms with Crippen molar-refractivity contribution in [2.24, 2.45) is 29.6 Å². The third-order valence-electron chi connectivity index (χ3n) is 4.23. The maximum absolute atomic E-state index is 2.45. The number of fused-ring (bicyclic) bond motifs is 2. The second-order valence-electron chi connectivity index (χ2n) is 4.59. The third kappa shape index (κ3) is 0.681. The van der Waals surface area contributed by atoms with Crippen LogP contribution in [0.25, 0.3) is 0 Å². The zero-order valence-electron chi connectivity index (χ0n) is 7.30. The zero-order chi connectivity index (χ0) is 7.30. The minimum absolute atomic E-state index is 1.02. The molecule has 2 rings (SSSR count). The van der Waals surface area contributed by atoms with Crippen molar-refractivity contribution in [1.82, 2.24) is 0 Å². The molecule has 2 aliphatic carbocycles. The molecule has 0 heterocycles. The summed E-state index contributed by atoms with van der Waals surface area (Å²) in [6.07, 6.45) is 3.07. The Morgan fingerprint density at radius 3 is 2.00 bits per heavy atom. The van der Waals surface area contributed by atoms with Crippen molar-refractivity contribution < 1.29 is 0 Å². The van der Waals surface area contributed by atoms with Crippen LogP contribution >= 0.6 is 0 Å². The molecule has 58 valence electrons. The monoisotopic (exact) mass is 138 g/mol. The van der Waals surface area contributed by atoms with Crippen molar-refractivity contribution in [3.63, 3.8) is 0 Å². The number of hydrogen-bond donors (Lipinski definition) is 0. The molecule has 0 aromatic carbocycles. The van der Waals surface area contributed by atoms with E-state index in [1.807, 2.05) is 0 Å². The fraction of sp³-hybridized carbons (Fsp3) is 1.00. The van der Waals surface area contributed by atoms with Crippen LogP contribution in [0.2, 0.25) is 0 Å². The summed E-state index contributed by atoms with van der Waals surface area (Å²) in [4.78, 5) is 0. The van der Waals surface area contributed by atoms with Crippen LogP contribution < -0.4 is 0 Å². The lowest BCUT2D eigenvalue weighted by Crippen LogP contribution is -2.22. The largest absolute Gasteiger partial charge is 0.0622 e. The van der Waals surface area contributed by atoms with Gasteiger partial charge in [0.25, 0.3) is 0 Å². The molecule has 0 saturated heterocycles. The SMILES string of the molecule is CC1C2CC(C1C)[C@H](C)C2. The van der Waals surface area contributed by atoms with Crippen LogP contribution in [0.5, 0.6) is 0 Å². The molecule has 2 aliphatic rings. The fourth-order valence-corrected chi connectivity index (χ4v) is 3.31. The summed E-state index contributed by atoms with van der Waals surface area (Å²) in [5, 5.41) is 0. The molecule has 0 amide bonds. The lowest BCUT2D eigenvalue weighted by Gasteiger charge is -2.29. The van der Waals surface area contributed by atoms with E-state index in [4.69, 9.17) is 0 Å². The van der Waals surface area contributed by atoms with E-state index < -0.39 is 0 Å². The van der Waals surface area contributed by atoms with E-state index >= 15 is 0 Å². The van der Waals surface area contributed by atoms with Crippen molar-refractivity contribution in [3.8, 4) is 0 Å². The molecule has 0 radical (unpaired) electrons. The molecule has 0 aromatic rings. The Hall–Kier alpha value is 0. The second-order valence-corrected chi connectivity index (χ2v) is 4.59. The van der Waals surface area contributed by atoms with Crippen LogP contribution in [0, 0.1) is 29.6 Å². The summed E-state index contributed by atoms with van der Waals surface area (Å²) in [7, 11) is 0. The van der Waals surface area contributed by atoms with Gasteiger partial charge in [0.05, 0.1) is 0 Å². The summed E-state index contributed by atoms with van der Waals surface area (Å²) >= 11 is 0. The van der Waals surface area contributed by atoms with Gasteiger partial charge in [-0.1, -0.05) is 20.8 Å². The van der Waals surface area contributed by atoms with E-state index in [1.165, 1.54) is 6.42 Å². The van der Waals surface area contributed by atoms with Crippen molar-refractivity contribution >= 4 is 0 Å². The van der Waals surface area contributed by atoms with E-state index in [-0.39, 0.29) is 0 Å². The van der Waals surface area contributed by atoms with Crippen molar-refractivity contribution in [2.45, 2.75) is 33.6 Å². The van der Waals surface area contributed by atoms with Gasteiger partial charge in [-0.05, 0) is 42.4 Å². The third-order valence-corrected chi connectivity index (χ3v) is 4.23. The number of hydrogen-bond acceptors (Lipinski definition) is 0. The van der Waals surface area contributed by atoms with Gasteiger partial charge >= 0.3 is 0 Å². The standard InChI is InChI=1S/C10H18/c1-6-4-9-5-10(6)8(3)7(9)2/h6-10H,4-5H2,1-3H3/t6-,7?,8?,9?,10?/m1/s1. The van der Waals surface area contributed by atoms with Gasteiger partial charge in [-0.25, -0.2) is 0 Å². The lowest BCUT2D eigenvalue weighted by molar-refractivity contribution is 0.201. The van der Waals surface area contributed by atoms with Crippen LogP contribution in [0.3, 0.4) is 0 Å². The molecule has 0 spiro atoms. The summed E-state index contributed by atoms with van der Waals surface area (Å²) in [5.74, 6) is 5.26. The van der Waals surface area contributed by atoms with Gasteiger partial charge < -0.3 is 0 Å². The Balaban J connectivity index is 2.16. The highest BCUT2D eigenvalue weighted by Crippen LogP contribution is 2.54. The van der Waals surface area contributed by atoms with Gasteiger partial charge in [0.15, 0.2) is 0 Å². The summed E-state index contributed by atoms with van der Waals surface area (Å²) < 4.78 is 0. The topological polar surface area (TPSA) is 0 Å². The zero-order valence-corrected chi connectivity index (χ0v) is 7.30. The van der Waals surface area contributed by atoms with Gasteiger partial charge in [-0.2, -0.15) is 0 Å². The molecular weight excluding hydrogens is 120 g/mol. The predicted molar refractivity (Wildman–Crippen MR) is 43.7 cm³/mol. The van der Waals surface area contributed by atoms with Gasteiger partial charge in [-0.15, -0.1) is 0 Å². The Morgan fingerprint density at radius 1 is 0.900 bits per heavy atom. The Labute approximate surface area is 64.0 Å². The molecule has 0 aromatic heterocycles. The maximum atomic E-state index is 2.45. The van der Waals surface area contributed by atoms with Gasteiger partial charge in [0.1, 0.15) is 0 Å². The van der Waals surface area contributed by atoms with Gasteiger partial charge in [0, 0.05) is 0 Å². The van der Waals surface area contributed by atoms with Gasteiger partial charge in [-0.3, -0.25) is 0 Å². The van der Waals surface area contributed by atoms with E-state index in [9.17, 15) is 0 Å². The maximum Gasteiger partial charge on any atom is -0.0357 e. The minimum Gasteiger partial charge on any atom is -0.0622 e. The summed E-state index contributed by atoms with van der Waals surface area (Å²) in [5.41, 5.74) is 0. The Kier molecular flexibility index (Phi) is 1.33. The van der Waals surface area contributed by atoms with Crippen molar-refractivity contribution in [1.29, 1.82) is 0 Å². The quantitative estimate of drug-likeness (QED) is 0.483. The smallest absolute Gasteiger partial charge is 0.0357 e. The Morgan fingerprint density at radius 2 is 1.60 bits per heavy atom. The predicted octanol–water partition coefficient (Wildman–Crippen LogP) is 2.93. The first-order chi connectivity index (χ1) is 4.70. The molecule has 2 fully saturated rings. The average molecular weight is 138 g/mol. The van der Waals surface area contributed by atoms with Crippen LogP contribution in [-0.4, -0.2) is 0 Å². The highest BCUT2D eigenvalue weighted by molar-refractivity contribution is 4.95. The van der Waals surface area contributed by atoms with Crippen LogP contribution in [0.4, 0.5) is 0 Å². The van der Waals surface area contributed by atoms with Crippen LogP contribution in [0.1, 0.15) is 33.6 Å². The van der Waals surface area contributed by atoms with E-state index in [2.05, 4.69) is 20.8 Å². The molecule has 0 aliphatic heterocycles. The highest BCUT2D eigenvalue weighted by Gasteiger charge is 2.46. The first kappa shape index (κ1) is 6.69. The Bertz CT molecular complexity index is 137. The molecule has 10 heavy (non-hydrogen) atoms. The van der Waals surface area contributed by atoms with E-state index in [1.54, 1.807) is 6.42 Å². The van der Waals surface area contributed by atoms with E-state index in [0.717, 1.165) is 29.6 Å². The summed E-state index contributed by atoms with van der Waals surface area (Å²) in [6.45, 7) is 7.33. The average Bonchev–Trinajstić information content (AvgIpc) is 2.36. The van der Waals surface area contributed by atoms with Crippen LogP contribution in [0.15, 0.2) is 0 Å². The van der Waals surface area contributed by atoms with Crippen molar-refractivity contribution in [3.05, 3.63) is 0 Å². The molecule has 4 unspecified atom stereocenters. The molecule has 2 saturated carbocycles. The molecule has 2 bridgehead atoms. The normalized spacial score (nSPS) is 59.7. The van der Waals surface area contributed by atoms with E-state index in [0.29, 0.717) is 0 Å². The first-order valence-electron chi connectivity index (χ1n) is 4.70. The van der Waals surface area contributed by atoms with Gasteiger partial charge in [0.2, 0.25) is 0 Å². The summed E-state index contributed by atoms with van der Waals surface area (Å²) in [6, 6.07) is 0. The van der Waals surface area contributed by atoms with Crippen molar-refractivity contribution in [2.75, 3.05) is 0 Å². The minimum atomic E-state index is 1.02. The van der Waals surface area contributed by atoms with Crippen LogP contribution in [-0.2, 0) is 0 Å². The number of rotatable bonds is 0. The fourth-order valence-electron chi connectivity index (χ4n) is 3.31. The molecule has 5 atom stereocenters. The lowest BCUT2D eigenvalue weighted by atomic mass is 9.77. The molecular formula is C10H18. The molecule has 0 nitrogen and oxygen atoms in total. The second kappa shape index (κ2) is 1.99. The molecule has 0 heteroatoms. The highest BCUT2D eigenvalue weighted by atomic mass is 14.5.